The Kier molecular flexibility index (Phi) is 2.95. The van der Waals surface area contributed by atoms with E-state index in [0.717, 1.165) is 12.8 Å². The van der Waals surface area contributed by atoms with Crippen LogP contribution in [0.3, 0.4) is 0 Å². The van der Waals surface area contributed by atoms with Gasteiger partial charge in [-0.1, -0.05) is 26.3 Å². The Hall–Kier alpha value is -1.38. The number of fused-ring (bicyclic) bond motifs is 1. The van der Waals surface area contributed by atoms with Gasteiger partial charge in [0.1, 0.15) is 0 Å². The maximum atomic E-state index is 10.7. The molecule has 0 spiro atoms. The summed E-state index contributed by atoms with van der Waals surface area (Å²) in [5.41, 5.74) is 2.71. The molecule has 0 saturated carbocycles. The SMILES string of the molecule is CCC(C)C1Cc2ccc([N+](=O)[O-])cc2C1. The summed E-state index contributed by atoms with van der Waals surface area (Å²) >= 11 is 0. The molecule has 2 atom stereocenters. The molecule has 2 rings (SSSR count). The Balaban J connectivity index is 2.21. The summed E-state index contributed by atoms with van der Waals surface area (Å²) in [5.74, 6) is 1.37. The minimum Gasteiger partial charge on any atom is -0.258 e. The molecule has 0 aromatic heterocycles. The predicted molar refractivity (Wildman–Crippen MR) is 63.4 cm³/mol. The van der Waals surface area contributed by atoms with Gasteiger partial charge in [-0.15, -0.1) is 0 Å². The van der Waals surface area contributed by atoms with E-state index in [2.05, 4.69) is 13.8 Å². The van der Waals surface area contributed by atoms with Crippen molar-refractivity contribution in [2.45, 2.75) is 33.1 Å². The van der Waals surface area contributed by atoms with E-state index in [1.165, 1.54) is 17.5 Å². The van der Waals surface area contributed by atoms with E-state index >= 15 is 0 Å². The zero-order valence-electron chi connectivity index (χ0n) is 9.77. The Morgan fingerprint density at radius 1 is 1.44 bits per heavy atom. The molecular weight excluding hydrogens is 202 g/mol. The van der Waals surface area contributed by atoms with Crippen molar-refractivity contribution in [2.75, 3.05) is 0 Å². The molecule has 0 heterocycles. The van der Waals surface area contributed by atoms with Crippen molar-refractivity contribution >= 4 is 5.69 Å². The summed E-state index contributed by atoms with van der Waals surface area (Å²) in [6, 6.07) is 5.30. The van der Waals surface area contributed by atoms with Crippen LogP contribution >= 0.6 is 0 Å². The quantitative estimate of drug-likeness (QED) is 0.578. The summed E-state index contributed by atoms with van der Waals surface area (Å²) in [6.45, 7) is 4.47. The van der Waals surface area contributed by atoms with Crippen molar-refractivity contribution < 1.29 is 4.92 Å². The standard InChI is InChI=1S/C13H17NO2/c1-3-9(2)11-6-10-4-5-13(14(15)16)8-12(10)7-11/h4-5,8-9,11H,3,6-7H2,1-2H3. The molecule has 0 fully saturated rings. The normalized spacial score (nSPS) is 20.5. The van der Waals surface area contributed by atoms with Gasteiger partial charge in [0.15, 0.2) is 0 Å². The minimum absolute atomic E-state index is 0.226. The average Bonchev–Trinajstić information content (AvgIpc) is 2.70. The highest BCUT2D eigenvalue weighted by atomic mass is 16.6. The van der Waals surface area contributed by atoms with E-state index in [-0.39, 0.29) is 10.6 Å². The molecule has 1 aliphatic carbocycles. The summed E-state index contributed by atoms with van der Waals surface area (Å²) in [6.07, 6.45) is 3.27. The third kappa shape index (κ3) is 1.94. The highest BCUT2D eigenvalue weighted by Gasteiger charge is 2.26. The lowest BCUT2D eigenvalue weighted by atomic mass is 9.89. The molecular formula is C13H17NO2. The molecule has 3 nitrogen and oxygen atoms in total. The maximum absolute atomic E-state index is 10.7. The van der Waals surface area contributed by atoms with Crippen molar-refractivity contribution in [3.63, 3.8) is 0 Å². The van der Waals surface area contributed by atoms with E-state index in [0.29, 0.717) is 11.8 Å². The first-order valence-electron chi connectivity index (χ1n) is 5.88. The topological polar surface area (TPSA) is 43.1 Å². The van der Waals surface area contributed by atoms with E-state index in [4.69, 9.17) is 0 Å². The number of rotatable bonds is 3. The molecule has 0 bridgehead atoms. The maximum Gasteiger partial charge on any atom is 0.269 e. The molecule has 16 heavy (non-hydrogen) atoms. The summed E-state index contributed by atoms with van der Waals surface area (Å²) in [4.78, 5) is 10.4. The lowest BCUT2D eigenvalue weighted by Gasteiger charge is -2.15. The van der Waals surface area contributed by atoms with Crippen LogP contribution in [0, 0.1) is 22.0 Å². The molecule has 1 aromatic rings. The van der Waals surface area contributed by atoms with Crippen LogP contribution in [0.15, 0.2) is 18.2 Å². The first-order valence-corrected chi connectivity index (χ1v) is 5.88. The first kappa shape index (κ1) is 11.1. The average molecular weight is 219 g/mol. The van der Waals surface area contributed by atoms with Crippen LogP contribution in [-0.4, -0.2) is 4.92 Å². The van der Waals surface area contributed by atoms with Gasteiger partial charge in [0.2, 0.25) is 0 Å². The molecule has 0 N–H and O–H groups in total. The Bertz CT molecular complexity index is 414. The summed E-state index contributed by atoms with van der Waals surface area (Å²) in [7, 11) is 0. The van der Waals surface area contributed by atoms with Gasteiger partial charge < -0.3 is 0 Å². The van der Waals surface area contributed by atoms with Gasteiger partial charge in [0.25, 0.3) is 5.69 Å². The fraction of sp³-hybridized carbons (Fsp3) is 0.538. The molecule has 2 unspecified atom stereocenters. The molecule has 1 aromatic carbocycles. The van der Waals surface area contributed by atoms with Crippen molar-refractivity contribution in [1.82, 2.24) is 0 Å². The van der Waals surface area contributed by atoms with E-state index in [1.807, 2.05) is 6.07 Å². The number of hydrogen-bond donors (Lipinski definition) is 0. The molecule has 0 saturated heterocycles. The Morgan fingerprint density at radius 3 is 2.75 bits per heavy atom. The zero-order chi connectivity index (χ0) is 11.7. The lowest BCUT2D eigenvalue weighted by molar-refractivity contribution is -0.384. The summed E-state index contributed by atoms with van der Waals surface area (Å²) < 4.78 is 0. The highest BCUT2D eigenvalue weighted by molar-refractivity contribution is 5.42. The van der Waals surface area contributed by atoms with Crippen LogP contribution in [-0.2, 0) is 12.8 Å². The molecule has 86 valence electrons. The van der Waals surface area contributed by atoms with E-state index < -0.39 is 0 Å². The summed E-state index contributed by atoms with van der Waals surface area (Å²) in [5, 5.41) is 10.7. The number of non-ortho nitro benzene ring substituents is 1. The number of nitrogens with zero attached hydrogens (tertiary/aromatic N) is 1. The third-order valence-electron chi connectivity index (χ3n) is 3.81. The monoisotopic (exact) mass is 219 g/mol. The van der Waals surface area contributed by atoms with E-state index in [9.17, 15) is 10.1 Å². The fourth-order valence-electron chi connectivity index (χ4n) is 2.49. The number of nitro groups is 1. The van der Waals surface area contributed by atoms with Crippen LogP contribution < -0.4 is 0 Å². The van der Waals surface area contributed by atoms with Crippen molar-refractivity contribution in [2.24, 2.45) is 11.8 Å². The number of benzene rings is 1. The molecule has 0 radical (unpaired) electrons. The second-order valence-electron chi connectivity index (χ2n) is 4.76. The van der Waals surface area contributed by atoms with Crippen LogP contribution in [0.4, 0.5) is 5.69 Å². The second-order valence-corrected chi connectivity index (χ2v) is 4.76. The number of hydrogen-bond acceptors (Lipinski definition) is 2. The van der Waals surface area contributed by atoms with Crippen LogP contribution in [0.5, 0.6) is 0 Å². The van der Waals surface area contributed by atoms with Gasteiger partial charge >= 0.3 is 0 Å². The largest absolute Gasteiger partial charge is 0.269 e. The van der Waals surface area contributed by atoms with Crippen molar-refractivity contribution in [1.29, 1.82) is 0 Å². The van der Waals surface area contributed by atoms with Gasteiger partial charge in [-0.2, -0.15) is 0 Å². The smallest absolute Gasteiger partial charge is 0.258 e. The van der Waals surface area contributed by atoms with Gasteiger partial charge in [-0.05, 0) is 35.8 Å². The van der Waals surface area contributed by atoms with Crippen molar-refractivity contribution in [3.05, 3.63) is 39.4 Å². The first-order chi connectivity index (χ1) is 7.61. The fourth-order valence-corrected chi connectivity index (χ4v) is 2.49. The van der Waals surface area contributed by atoms with Crippen LogP contribution in [0.1, 0.15) is 31.4 Å². The second kappa shape index (κ2) is 4.24. The van der Waals surface area contributed by atoms with Gasteiger partial charge in [-0.3, -0.25) is 10.1 Å². The zero-order valence-corrected chi connectivity index (χ0v) is 9.77. The van der Waals surface area contributed by atoms with Gasteiger partial charge in [0.05, 0.1) is 4.92 Å². The van der Waals surface area contributed by atoms with Gasteiger partial charge in [-0.25, -0.2) is 0 Å². The van der Waals surface area contributed by atoms with Crippen molar-refractivity contribution in [3.8, 4) is 0 Å². The van der Waals surface area contributed by atoms with E-state index in [1.54, 1.807) is 12.1 Å². The molecule has 3 heteroatoms. The lowest BCUT2D eigenvalue weighted by Crippen LogP contribution is -2.10. The molecule has 1 aliphatic rings. The molecule has 0 aliphatic heterocycles. The Labute approximate surface area is 95.6 Å². The highest BCUT2D eigenvalue weighted by Crippen LogP contribution is 2.34. The third-order valence-corrected chi connectivity index (χ3v) is 3.81. The molecule has 0 amide bonds. The van der Waals surface area contributed by atoms with Crippen LogP contribution in [0.2, 0.25) is 0 Å². The number of nitro benzene ring substituents is 1. The minimum atomic E-state index is -0.309. The Morgan fingerprint density at radius 2 is 2.12 bits per heavy atom. The predicted octanol–water partition coefficient (Wildman–Crippen LogP) is 3.36. The van der Waals surface area contributed by atoms with Gasteiger partial charge in [0, 0.05) is 12.1 Å². The van der Waals surface area contributed by atoms with Crippen LogP contribution in [0.25, 0.3) is 0 Å².